The molecule has 0 saturated heterocycles. The zero-order valence-corrected chi connectivity index (χ0v) is 8.81. The summed E-state index contributed by atoms with van der Waals surface area (Å²) in [5.74, 6) is 1.60. The highest BCUT2D eigenvalue weighted by atomic mass is 16.1. The van der Waals surface area contributed by atoms with Gasteiger partial charge in [0.25, 0.3) is 0 Å². The molecule has 13 heavy (non-hydrogen) atoms. The summed E-state index contributed by atoms with van der Waals surface area (Å²) < 4.78 is 0. The van der Waals surface area contributed by atoms with Gasteiger partial charge >= 0.3 is 0 Å². The molecule has 0 aromatic rings. The Morgan fingerprint density at radius 2 is 2.00 bits per heavy atom. The number of hydrogen-bond donors (Lipinski definition) is 0. The smallest absolute Gasteiger partial charge is 0.141 e. The average molecular weight is 180 g/mol. The lowest BCUT2D eigenvalue weighted by Crippen LogP contribution is -2.45. The van der Waals surface area contributed by atoms with Crippen LogP contribution in [0.15, 0.2) is 0 Å². The van der Waals surface area contributed by atoms with E-state index in [0.29, 0.717) is 17.6 Å². The summed E-state index contributed by atoms with van der Waals surface area (Å²) >= 11 is 0. The molecule has 2 rings (SSSR count). The molecule has 0 N–H and O–H groups in total. The van der Waals surface area contributed by atoms with Gasteiger partial charge in [0.15, 0.2) is 0 Å². The molecule has 2 aliphatic rings. The van der Waals surface area contributed by atoms with Gasteiger partial charge in [0, 0.05) is 11.3 Å². The second-order valence-corrected chi connectivity index (χ2v) is 5.20. The number of Topliss-reactive ketones (excluding diaryl/α,β-unsaturated/α-hetero) is 1. The highest BCUT2D eigenvalue weighted by Gasteiger charge is 2.46. The molecule has 3 atom stereocenters. The predicted octanol–water partition coefficient (Wildman–Crippen LogP) is 3.18. The SMILES string of the molecule is C[C@@H]1CC[C@@H]2CCCCC2(C)C1=O. The third kappa shape index (κ3) is 1.33. The molecule has 2 fully saturated rings. The molecule has 0 spiro atoms. The van der Waals surface area contributed by atoms with Crippen LogP contribution in [0, 0.1) is 17.3 Å². The molecule has 0 bridgehead atoms. The van der Waals surface area contributed by atoms with Gasteiger partial charge in [-0.05, 0) is 31.6 Å². The molecule has 1 unspecified atom stereocenters. The average Bonchev–Trinajstić information content (AvgIpc) is 2.13. The van der Waals surface area contributed by atoms with E-state index in [2.05, 4.69) is 13.8 Å². The van der Waals surface area contributed by atoms with Gasteiger partial charge in [0.1, 0.15) is 5.78 Å². The van der Waals surface area contributed by atoms with Crippen LogP contribution < -0.4 is 0 Å². The van der Waals surface area contributed by atoms with Crippen LogP contribution in [0.4, 0.5) is 0 Å². The van der Waals surface area contributed by atoms with E-state index in [9.17, 15) is 4.79 Å². The Labute approximate surface area is 80.9 Å². The highest BCUT2D eigenvalue weighted by molar-refractivity contribution is 5.87. The minimum absolute atomic E-state index is 0.0654. The van der Waals surface area contributed by atoms with Crippen molar-refractivity contribution in [3.8, 4) is 0 Å². The Balaban J connectivity index is 2.22. The largest absolute Gasteiger partial charge is 0.299 e. The molecule has 74 valence electrons. The van der Waals surface area contributed by atoms with E-state index in [1.54, 1.807) is 0 Å². The first-order chi connectivity index (χ1) is 6.14. The Morgan fingerprint density at radius 3 is 2.77 bits per heavy atom. The molecule has 0 aliphatic heterocycles. The van der Waals surface area contributed by atoms with Crippen molar-refractivity contribution in [2.24, 2.45) is 17.3 Å². The standard InChI is InChI=1S/C12H20O/c1-9-6-7-10-5-3-4-8-12(10,2)11(9)13/h9-10H,3-8H2,1-2H3/t9-,10+,12?/m1/s1. The van der Waals surface area contributed by atoms with E-state index in [1.165, 1.54) is 25.7 Å². The molecule has 2 aliphatic carbocycles. The Kier molecular flexibility index (Phi) is 2.21. The van der Waals surface area contributed by atoms with Crippen molar-refractivity contribution in [2.75, 3.05) is 0 Å². The minimum Gasteiger partial charge on any atom is -0.299 e. The molecule has 2 saturated carbocycles. The lowest BCUT2D eigenvalue weighted by molar-refractivity contribution is -0.141. The van der Waals surface area contributed by atoms with E-state index < -0.39 is 0 Å². The van der Waals surface area contributed by atoms with Gasteiger partial charge in [0.2, 0.25) is 0 Å². The van der Waals surface area contributed by atoms with Crippen molar-refractivity contribution < 1.29 is 4.79 Å². The molecule has 0 amide bonds. The molecule has 0 radical (unpaired) electrons. The van der Waals surface area contributed by atoms with E-state index in [-0.39, 0.29) is 5.41 Å². The van der Waals surface area contributed by atoms with E-state index >= 15 is 0 Å². The maximum absolute atomic E-state index is 12.1. The second-order valence-electron chi connectivity index (χ2n) is 5.20. The summed E-state index contributed by atoms with van der Waals surface area (Å²) in [6, 6.07) is 0. The van der Waals surface area contributed by atoms with Gasteiger partial charge in [-0.1, -0.05) is 26.7 Å². The lowest BCUT2D eigenvalue weighted by atomic mass is 9.57. The normalized spacial score (nSPS) is 45.8. The first-order valence-corrected chi connectivity index (χ1v) is 5.69. The summed E-state index contributed by atoms with van der Waals surface area (Å²) in [5.41, 5.74) is 0.0654. The van der Waals surface area contributed by atoms with E-state index in [0.717, 1.165) is 12.8 Å². The van der Waals surface area contributed by atoms with Crippen LogP contribution in [0.2, 0.25) is 0 Å². The lowest BCUT2D eigenvalue weighted by Gasteiger charge is -2.45. The predicted molar refractivity (Wildman–Crippen MR) is 53.5 cm³/mol. The molecular formula is C12H20O. The molecule has 0 aromatic heterocycles. The van der Waals surface area contributed by atoms with Gasteiger partial charge < -0.3 is 0 Å². The molecule has 0 heterocycles. The van der Waals surface area contributed by atoms with E-state index in [1.807, 2.05) is 0 Å². The summed E-state index contributed by atoms with van der Waals surface area (Å²) in [7, 11) is 0. The fourth-order valence-corrected chi connectivity index (χ4v) is 3.34. The number of rotatable bonds is 0. The van der Waals surface area contributed by atoms with Gasteiger partial charge in [-0.25, -0.2) is 0 Å². The summed E-state index contributed by atoms with van der Waals surface area (Å²) in [4.78, 5) is 12.1. The zero-order valence-electron chi connectivity index (χ0n) is 8.81. The quantitative estimate of drug-likeness (QED) is 0.559. The Bertz CT molecular complexity index is 221. The third-order valence-corrected chi connectivity index (χ3v) is 4.36. The van der Waals surface area contributed by atoms with Crippen molar-refractivity contribution in [1.82, 2.24) is 0 Å². The minimum atomic E-state index is 0.0654. The van der Waals surface area contributed by atoms with Crippen LogP contribution in [0.25, 0.3) is 0 Å². The van der Waals surface area contributed by atoms with Crippen molar-refractivity contribution in [3.63, 3.8) is 0 Å². The fraction of sp³-hybridized carbons (Fsp3) is 0.917. The van der Waals surface area contributed by atoms with Crippen molar-refractivity contribution in [3.05, 3.63) is 0 Å². The number of ketones is 1. The first-order valence-electron chi connectivity index (χ1n) is 5.69. The van der Waals surface area contributed by atoms with Gasteiger partial charge in [0.05, 0.1) is 0 Å². The molecule has 0 aromatic carbocycles. The number of carbonyl (C=O) groups is 1. The van der Waals surface area contributed by atoms with E-state index in [4.69, 9.17) is 0 Å². The maximum Gasteiger partial charge on any atom is 0.141 e. The first kappa shape index (κ1) is 9.23. The van der Waals surface area contributed by atoms with Crippen LogP contribution >= 0.6 is 0 Å². The molecule has 1 nitrogen and oxygen atoms in total. The van der Waals surface area contributed by atoms with Crippen molar-refractivity contribution >= 4 is 5.78 Å². The molecular weight excluding hydrogens is 160 g/mol. The highest BCUT2D eigenvalue weighted by Crippen LogP contribution is 2.49. The second kappa shape index (κ2) is 3.11. The van der Waals surface area contributed by atoms with Crippen LogP contribution in [-0.2, 0) is 4.79 Å². The van der Waals surface area contributed by atoms with Gasteiger partial charge in [-0.3, -0.25) is 4.79 Å². The summed E-state index contributed by atoms with van der Waals surface area (Å²) in [5, 5.41) is 0. The monoisotopic (exact) mass is 180 g/mol. The van der Waals surface area contributed by atoms with Crippen LogP contribution in [-0.4, -0.2) is 5.78 Å². The third-order valence-electron chi connectivity index (χ3n) is 4.36. The van der Waals surface area contributed by atoms with Gasteiger partial charge in [-0.15, -0.1) is 0 Å². The Hall–Kier alpha value is -0.330. The number of fused-ring (bicyclic) bond motifs is 1. The number of hydrogen-bond acceptors (Lipinski definition) is 1. The van der Waals surface area contributed by atoms with Crippen LogP contribution in [0.5, 0.6) is 0 Å². The molecule has 1 heteroatoms. The zero-order chi connectivity index (χ0) is 9.47. The summed E-state index contributed by atoms with van der Waals surface area (Å²) in [6.07, 6.45) is 7.51. The van der Waals surface area contributed by atoms with Crippen molar-refractivity contribution in [1.29, 1.82) is 0 Å². The Morgan fingerprint density at radius 1 is 1.23 bits per heavy atom. The van der Waals surface area contributed by atoms with Crippen LogP contribution in [0.3, 0.4) is 0 Å². The van der Waals surface area contributed by atoms with Crippen molar-refractivity contribution in [2.45, 2.75) is 52.4 Å². The fourth-order valence-electron chi connectivity index (χ4n) is 3.34. The van der Waals surface area contributed by atoms with Crippen LogP contribution in [0.1, 0.15) is 52.4 Å². The number of carbonyl (C=O) groups excluding carboxylic acids is 1. The topological polar surface area (TPSA) is 17.1 Å². The summed E-state index contributed by atoms with van der Waals surface area (Å²) in [6.45, 7) is 4.33. The van der Waals surface area contributed by atoms with Gasteiger partial charge in [-0.2, -0.15) is 0 Å². The maximum atomic E-state index is 12.1.